The van der Waals surface area contributed by atoms with Gasteiger partial charge in [-0.05, 0) is 18.1 Å². The molecule has 0 radical (unpaired) electrons. The lowest BCUT2D eigenvalue weighted by Crippen LogP contribution is -2.48. The van der Waals surface area contributed by atoms with Crippen LogP contribution < -0.4 is 11.1 Å². The Balaban J connectivity index is 2.37. The molecule has 3 N–H and O–H groups in total. The Morgan fingerprint density at radius 3 is 2.61 bits per heavy atom. The number of benzene rings is 1. The van der Waals surface area contributed by atoms with Gasteiger partial charge < -0.3 is 20.4 Å². The maximum Gasteiger partial charge on any atom is 0.268 e. The summed E-state index contributed by atoms with van der Waals surface area (Å²) in [4.78, 5) is 24.2. The van der Waals surface area contributed by atoms with Gasteiger partial charge in [-0.1, -0.05) is 32.0 Å². The van der Waals surface area contributed by atoms with Gasteiger partial charge in [0.2, 0.25) is 5.91 Å². The second-order valence-corrected chi connectivity index (χ2v) is 5.83. The number of nitrogens with zero attached hydrogens (tertiary/aromatic N) is 1. The van der Waals surface area contributed by atoms with Crippen LogP contribution in [0.5, 0.6) is 0 Å². The van der Waals surface area contributed by atoms with Crippen molar-refractivity contribution in [1.29, 1.82) is 0 Å². The second kappa shape index (κ2) is 7.28. The molecular weight excluding hydrogens is 294 g/mol. The van der Waals surface area contributed by atoms with Crippen molar-refractivity contribution in [2.24, 2.45) is 11.7 Å². The number of para-hydroxylation sites is 1. The minimum absolute atomic E-state index is 0.0757. The topological polar surface area (TPSA) is 86.3 Å². The molecule has 0 unspecified atom stereocenters. The molecule has 2 aromatic rings. The first-order valence-corrected chi connectivity index (χ1v) is 7.63. The Hall–Kier alpha value is -2.34. The lowest BCUT2D eigenvalue weighted by molar-refractivity contribution is -0.120. The number of aromatic nitrogens is 1. The summed E-state index contributed by atoms with van der Waals surface area (Å²) in [5.41, 5.74) is 6.83. The molecule has 1 heterocycles. The number of primary amides is 1. The number of carbonyl (C=O) groups excluding carboxylic acids is 2. The lowest BCUT2D eigenvalue weighted by Gasteiger charge is -2.19. The maximum atomic E-state index is 12.6. The van der Waals surface area contributed by atoms with Crippen LogP contribution in [0.3, 0.4) is 0 Å². The minimum atomic E-state index is -0.698. The van der Waals surface area contributed by atoms with Crippen molar-refractivity contribution in [1.82, 2.24) is 9.88 Å². The number of nitrogens with one attached hydrogen (secondary N) is 1. The molecule has 0 aliphatic heterocycles. The Morgan fingerprint density at radius 2 is 2.00 bits per heavy atom. The highest BCUT2D eigenvalue weighted by Gasteiger charge is 2.24. The lowest BCUT2D eigenvalue weighted by atomic mass is 10.0. The first-order valence-electron chi connectivity index (χ1n) is 7.63. The molecule has 6 heteroatoms. The number of hydrogen-bond acceptors (Lipinski definition) is 3. The smallest absolute Gasteiger partial charge is 0.268 e. The molecule has 1 atom stereocenters. The molecule has 0 aliphatic rings. The van der Waals surface area contributed by atoms with E-state index >= 15 is 0 Å². The average Bonchev–Trinajstić information content (AvgIpc) is 2.88. The highest BCUT2D eigenvalue weighted by Crippen LogP contribution is 2.20. The summed E-state index contributed by atoms with van der Waals surface area (Å²) < 4.78 is 7.03. The number of hydrogen-bond donors (Lipinski definition) is 2. The Bertz CT molecular complexity index is 706. The van der Waals surface area contributed by atoms with Crippen LogP contribution in [0.25, 0.3) is 10.9 Å². The van der Waals surface area contributed by atoms with E-state index in [0.717, 1.165) is 10.9 Å². The molecule has 6 nitrogen and oxygen atoms in total. The van der Waals surface area contributed by atoms with E-state index in [0.29, 0.717) is 18.8 Å². The summed E-state index contributed by atoms with van der Waals surface area (Å²) in [6, 6.07) is 8.87. The van der Waals surface area contributed by atoms with Crippen molar-refractivity contribution in [3.63, 3.8) is 0 Å². The van der Waals surface area contributed by atoms with E-state index in [1.54, 1.807) is 7.11 Å². The van der Waals surface area contributed by atoms with Crippen molar-refractivity contribution in [3.8, 4) is 0 Å². The Labute approximate surface area is 135 Å². The van der Waals surface area contributed by atoms with Gasteiger partial charge in [-0.2, -0.15) is 0 Å². The fraction of sp³-hybridized carbons (Fsp3) is 0.412. The number of amides is 2. The number of ether oxygens (including phenoxy) is 1. The predicted octanol–water partition coefficient (Wildman–Crippen LogP) is 1.53. The van der Waals surface area contributed by atoms with Gasteiger partial charge in [-0.25, -0.2) is 0 Å². The van der Waals surface area contributed by atoms with Crippen molar-refractivity contribution in [2.75, 3.05) is 13.7 Å². The van der Waals surface area contributed by atoms with Gasteiger partial charge in [0.15, 0.2) is 0 Å². The highest BCUT2D eigenvalue weighted by molar-refractivity contribution is 6.00. The SMILES string of the molecule is COCCn1c(C(=O)N[C@@H](C(N)=O)C(C)C)cc2ccccc21. The van der Waals surface area contributed by atoms with E-state index in [1.165, 1.54) is 0 Å². The zero-order valence-corrected chi connectivity index (χ0v) is 13.7. The third-order valence-corrected chi connectivity index (χ3v) is 3.82. The second-order valence-electron chi connectivity index (χ2n) is 5.83. The summed E-state index contributed by atoms with van der Waals surface area (Å²) in [5, 5.41) is 3.70. The van der Waals surface area contributed by atoms with Gasteiger partial charge in [0.1, 0.15) is 11.7 Å². The van der Waals surface area contributed by atoms with E-state index in [9.17, 15) is 9.59 Å². The minimum Gasteiger partial charge on any atom is -0.383 e. The molecule has 23 heavy (non-hydrogen) atoms. The van der Waals surface area contributed by atoms with Crippen LogP contribution in [-0.4, -0.2) is 36.1 Å². The monoisotopic (exact) mass is 317 g/mol. The quantitative estimate of drug-likeness (QED) is 0.812. The van der Waals surface area contributed by atoms with Crippen LogP contribution in [0.2, 0.25) is 0 Å². The molecule has 0 spiro atoms. The van der Waals surface area contributed by atoms with Gasteiger partial charge in [0.05, 0.1) is 6.61 Å². The third-order valence-electron chi connectivity index (χ3n) is 3.82. The predicted molar refractivity (Wildman–Crippen MR) is 89.1 cm³/mol. The number of nitrogens with two attached hydrogens (primary N) is 1. The van der Waals surface area contributed by atoms with Crippen molar-refractivity contribution in [2.45, 2.75) is 26.4 Å². The molecule has 0 aliphatic carbocycles. The van der Waals surface area contributed by atoms with Gasteiger partial charge in [-0.15, -0.1) is 0 Å². The van der Waals surface area contributed by atoms with Crippen LogP contribution in [0.1, 0.15) is 24.3 Å². The van der Waals surface area contributed by atoms with Gasteiger partial charge in [0, 0.05) is 24.6 Å². The molecule has 1 aromatic carbocycles. The van der Waals surface area contributed by atoms with E-state index in [4.69, 9.17) is 10.5 Å². The molecule has 0 saturated heterocycles. The van der Waals surface area contributed by atoms with E-state index in [1.807, 2.05) is 48.7 Å². The number of methoxy groups -OCH3 is 1. The van der Waals surface area contributed by atoms with Crippen LogP contribution in [0, 0.1) is 5.92 Å². The average molecular weight is 317 g/mol. The highest BCUT2D eigenvalue weighted by atomic mass is 16.5. The Kier molecular flexibility index (Phi) is 5.39. The summed E-state index contributed by atoms with van der Waals surface area (Å²) in [6.45, 7) is 4.73. The van der Waals surface area contributed by atoms with Crippen molar-refractivity contribution in [3.05, 3.63) is 36.0 Å². The number of carbonyl (C=O) groups is 2. The van der Waals surface area contributed by atoms with Crippen molar-refractivity contribution < 1.29 is 14.3 Å². The molecule has 0 bridgehead atoms. The van der Waals surface area contributed by atoms with Crippen LogP contribution in [0.15, 0.2) is 30.3 Å². The Morgan fingerprint density at radius 1 is 1.30 bits per heavy atom. The number of rotatable bonds is 7. The largest absolute Gasteiger partial charge is 0.383 e. The zero-order valence-electron chi connectivity index (χ0n) is 13.7. The van der Waals surface area contributed by atoms with Crippen LogP contribution in [-0.2, 0) is 16.1 Å². The molecule has 2 rings (SSSR count). The first-order chi connectivity index (χ1) is 11.0. The van der Waals surface area contributed by atoms with Gasteiger partial charge >= 0.3 is 0 Å². The van der Waals surface area contributed by atoms with E-state index < -0.39 is 11.9 Å². The summed E-state index contributed by atoms with van der Waals surface area (Å²) in [5.74, 6) is -0.920. The zero-order chi connectivity index (χ0) is 17.0. The standard InChI is InChI=1S/C17H23N3O3/c1-11(2)15(16(18)21)19-17(22)14-10-12-6-4-5-7-13(12)20(14)8-9-23-3/h4-7,10-11,15H,8-9H2,1-3H3,(H2,18,21)(H,19,22)/t15-/m1/s1. The third kappa shape index (κ3) is 3.71. The van der Waals surface area contributed by atoms with Crippen LogP contribution in [0.4, 0.5) is 0 Å². The molecule has 2 amide bonds. The van der Waals surface area contributed by atoms with E-state index in [2.05, 4.69) is 5.32 Å². The van der Waals surface area contributed by atoms with E-state index in [-0.39, 0.29) is 11.8 Å². The van der Waals surface area contributed by atoms with Crippen molar-refractivity contribution >= 4 is 22.7 Å². The normalized spacial score (nSPS) is 12.5. The molecular formula is C17H23N3O3. The fourth-order valence-electron chi connectivity index (χ4n) is 2.60. The molecule has 124 valence electrons. The molecule has 1 aromatic heterocycles. The van der Waals surface area contributed by atoms with Crippen LogP contribution >= 0.6 is 0 Å². The summed E-state index contributed by atoms with van der Waals surface area (Å²) in [7, 11) is 1.62. The van der Waals surface area contributed by atoms with Gasteiger partial charge in [0.25, 0.3) is 5.91 Å². The number of fused-ring (bicyclic) bond motifs is 1. The fourth-order valence-corrected chi connectivity index (χ4v) is 2.60. The molecule has 0 saturated carbocycles. The first kappa shape index (κ1) is 17.0. The molecule has 0 fully saturated rings. The summed E-state index contributed by atoms with van der Waals surface area (Å²) >= 11 is 0. The summed E-state index contributed by atoms with van der Waals surface area (Å²) in [6.07, 6.45) is 0. The van der Waals surface area contributed by atoms with Gasteiger partial charge in [-0.3, -0.25) is 9.59 Å². The maximum absolute atomic E-state index is 12.6.